The summed E-state index contributed by atoms with van der Waals surface area (Å²) in [5, 5.41) is 12.7. The van der Waals surface area contributed by atoms with Crippen LogP contribution in [0.25, 0.3) is 11.4 Å². The van der Waals surface area contributed by atoms with Crippen LogP contribution in [0.15, 0.2) is 28.8 Å². The highest BCUT2D eigenvalue weighted by atomic mass is 16.5. The van der Waals surface area contributed by atoms with Gasteiger partial charge < -0.3 is 14.2 Å². The van der Waals surface area contributed by atoms with Crippen molar-refractivity contribution < 1.29 is 14.1 Å². The topological polar surface area (TPSA) is 92.3 Å². The van der Waals surface area contributed by atoms with Crippen LogP contribution in [-0.2, 0) is 11.2 Å². The van der Waals surface area contributed by atoms with Gasteiger partial charge in [0.15, 0.2) is 0 Å². The van der Waals surface area contributed by atoms with Gasteiger partial charge in [-0.05, 0) is 37.6 Å². The van der Waals surface area contributed by atoms with Gasteiger partial charge in [0.25, 0.3) is 0 Å². The molecule has 0 aliphatic heterocycles. The molecule has 0 radical (unpaired) electrons. The Morgan fingerprint density at radius 3 is 2.76 bits per heavy atom. The first-order valence-corrected chi connectivity index (χ1v) is 8.14. The van der Waals surface area contributed by atoms with Crippen molar-refractivity contribution in [3.8, 4) is 23.2 Å². The summed E-state index contributed by atoms with van der Waals surface area (Å²) in [5.41, 5.74) is 0.844. The van der Waals surface area contributed by atoms with Crippen molar-refractivity contribution in [3.63, 3.8) is 0 Å². The third-order valence-corrected chi connectivity index (χ3v) is 4.04. The Morgan fingerprint density at radius 1 is 1.40 bits per heavy atom. The van der Waals surface area contributed by atoms with Crippen LogP contribution in [0.2, 0.25) is 0 Å². The summed E-state index contributed by atoms with van der Waals surface area (Å²) in [4.78, 5) is 18.0. The number of amides is 1. The minimum absolute atomic E-state index is 0.0117. The highest BCUT2D eigenvalue weighted by Gasteiger charge is 2.16. The van der Waals surface area contributed by atoms with Gasteiger partial charge in [0.2, 0.25) is 17.6 Å². The molecule has 0 N–H and O–H groups in total. The van der Waals surface area contributed by atoms with E-state index in [2.05, 4.69) is 16.2 Å². The highest BCUT2D eigenvalue weighted by molar-refractivity contribution is 5.76. The van der Waals surface area contributed by atoms with E-state index in [-0.39, 0.29) is 11.9 Å². The summed E-state index contributed by atoms with van der Waals surface area (Å²) in [6.45, 7) is 1.86. The fourth-order valence-electron chi connectivity index (χ4n) is 2.30. The highest BCUT2D eigenvalue weighted by Crippen LogP contribution is 2.20. The third-order valence-electron chi connectivity index (χ3n) is 4.04. The lowest BCUT2D eigenvalue weighted by atomic mass is 10.1. The number of aryl methyl sites for hydroxylation is 1. The number of methoxy groups -OCH3 is 1. The minimum Gasteiger partial charge on any atom is -0.497 e. The van der Waals surface area contributed by atoms with Gasteiger partial charge >= 0.3 is 0 Å². The zero-order chi connectivity index (χ0) is 18.2. The molecule has 0 saturated heterocycles. The van der Waals surface area contributed by atoms with Crippen LogP contribution in [-0.4, -0.2) is 41.1 Å². The molecule has 1 heterocycles. The standard InChI is InChI=1S/C18H22N4O3/c1-13(11-12-19)22(2)17(23)6-4-5-16-20-18(21-25-16)14-7-9-15(24-3)10-8-14/h7-10,13H,4-6,11H2,1-3H3. The molecule has 0 spiro atoms. The van der Waals surface area contributed by atoms with Gasteiger partial charge in [-0.25, -0.2) is 0 Å². The number of nitriles is 1. The van der Waals surface area contributed by atoms with Gasteiger partial charge in [-0.2, -0.15) is 10.2 Å². The average Bonchev–Trinajstić information content (AvgIpc) is 3.10. The Bertz CT molecular complexity index is 734. The van der Waals surface area contributed by atoms with E-state index in [9.17, 15) is 4.79 Å². The predicted octanol–water partition coefficient (Wildman–Crippen LogP) is 2.83. The number of hydrogen-bond acceptors (Lipinski definition) is 6. The molecule has 0 aliphatic rings. The molecule has 132 valence electrons. The number of aromatic nitrogens is 2. The lowest BCUT2D eigenvalue weighted by molar-refractivity contribution is -0.131. The monoisotopic (exact) mass is 342 g/mol. The summed E-state index contributed by atoms with van der Waals surface area (Å²) < 4.78 is 10.4. The first kappa shape index (κ1) is 18.5. The fourth-order valence-corrected chi connectivity index (χ4v) is 2.30. The first-order valence-electron chi connectivity index (χ1n) is 8.14. The number of rotatable bonds is 8. The van der Waals surface area contributed by atoms with Crippen molar-refractivity contribution in [1.29, 1.82) is 5.26 Å². The minimum atomic E-state index is -0.0809. The summed E-state index contributed by atoms with van der Waals surface area (Å²) in [5.74, 6) is 1.80. The van der Waals surface area contributed by atoms with Gasteiger partial charge in [0.05, 0.1) is 19.6 Å². The van der Waals surface area contributed by atoms with Crippen LogP contribution >= 0.6 is 0 Å². The molecule has 2 aromatic rings. The maximum Gasteiger partial charge on any atom is 0.226 e. The molecule has 0 aliphatic carbocycles. The van der Waals surface area contributed by atoms with Gasteiger partial charge in [0, 0.05) is 31.5 Å². The third kappa shape index (κ3) is 5.05. The van der Waals surface area contributed by atoms with E-state index < -0.39 is 0 Å². The zero-order valence-electron chi connectivity index (χ0n) is 14.7. The van der Waals surface area contributed by atoms with Crippen LogP contribution in [0.3, 0.4) is 0 Å². The van der Waals surface area contributed by atoms with Crippen molar-refractivity contribution in [2.75, 3.05) is 14.2 Å². The van der Waals surface area contributed by atoms with E-state index in [1.807, 2.05) is 31.2 Å². The molecule has 2 rings (SSSR count). The summed E-state index contributed by atoms with van der Waals surface area (Å²) in [7, 11) is 3.33. The summed E-state index contributed by atoms with van der Waals surface area (Å²) in [6, 6.07) is 9.39. The van der Waals surface area contributed by atoms with Gasteiger partial charge in [-0.1, -0.05) is 5.16 Å². The van der Waals surface area contributed by atoms with Crippen molar-refractivity contribution in [2.45, 2.75) is 38.6 Å². The molecule has 1 aromatic heterocycles. The Labute approximate surface area is 147 Å². The van der Waals surface area contributed by atoms with Crippen LogP contribution < -0.4 is 4.74 Å². The largest absolute Gasteiger partial charge is 0.497 e. The molecule has 1 amide bonds. The molecule has 7 nitrogen and oxygen atoms in total. The van der Waals surface area contributed by atoms with Gasteiger partial charge in [-0.3, -0.25) is 4.79 Å². The molecule has 7 heteroatoms. The van der Waals surface area contributed by atoms with Crippen molar-refractivity contribution in [3.05, 3.63) is 30.2 Å². The lowest BCUT2D eigenvalue weighted by Crippen LogP contribution is -2.34. The number of carbonyl (C=O) groups is 1. The summed E-state index contributed by atoms with van der Waals surface area (Å²) >= 11 is 0. The Hall–Kier alpha value is -2.88. The van der Waals surface area contributed by atoms with E-state index >= 15 is 0 Å². The first-order chi connectivity index (χ1) is 12.0. The lowest BCUT2D eigenvalue weighted by Gasteiger charge is -2.22. The second-order valence-corrected chi connectivity index (χ2v) is 5.81. The van der Waals surface area contributed by atoms with Crippen molar-refractivity contribution in [2.24, 2.45) is 0 Å². The Morgan fingerprint density at radius 2 is 2.12 bits per heavy atom. The molecule has 25 heavy (non-hydrogen) atoms. The van der Waals surface area contributed by atoms with Gasteiger partial charge in [-0.15, -0.1) is 0 Å². The van der Waals surface area contributed by atoms with E-state index in [1.165, 1.54) is 0 Å². The maximum absolute atomic E-state index is 12.1. The Kier molecular flexibility index (Phi) is 6.52. The molecular formula is C18H22N4O3. The van der Waals surface area contributed by atoms with E-state index in [4.69, 9.17) is 14.5 Å². The van der Waals surface area contributed by atoms with Crippen LogP contribution in [0, 0.1) is 11.3 Å². The molecule has 1 aromatic carbocycles. The van der Waals surface area contributed by atoms with Crippen LogP contribution in [0.4, 0.5) is 0 Å². The Balaban J connectivity index is 1.85. The number of hydrogen-bond donors (Lipinski definition) is 0. The normalized spacial score (nSPS) is 11.6. The number of benzene rings is 1. The molecule has 0 saturated carbocycles. The molecule has 1 atom stereocenters. The SMILES string of the molecule is COc1ccc(-c2noc(CCCC(=O)N(C)C(C)CC#N)n2)cc1. The summed E-state index contributed by atoms with van der Waals surface area (Å²) in [6.07, 6.45) is 1.87. The second kappa shape index (κ2) is 8.83. The fraction of sp³-hybridized carbons (Fsp3) is 0.444. The van der Waals surface area contributed by atoms with E-state index in [0.29, 0.717) is 37.4 Å². The molecule has 1 unspecified atom stereocenters. The maximum atomic E-state index is 12.1. The van der Waals surface area contributed by atoms with Crippen molar-refractivity contribution in [1.82, 2.24) is 15.0 Å². The average molecular weight is 342 g/mol. The predicted molar refractivity (Wildman–Crippen MR) is 91.7 cm³/mol. The van der Waals surface area contributed by atoms with E-state index in [1.54, 1.807) is 19.1 Å². The molecular weight excluding hydrogens is 320 g/mol. The van der Waals surface area contributed by atoms with Gasteiger partial charge in [0.1, 0.15) is 5.75 Å². The zero-order valence-corrected chi connectivity index (χ0v) is 14.7. The second-order valence-electron chi connectivity index (χ2n) is 5.81. The number of ether oxygens (including phenoxy) is 1. The van der Waals surface area contributed by atoms with E-state index in [0.717, 1.165) is 11.3 Å². The van der Waals surface area contributed by atoms with Crippen molar-refractivity contribution >= 4 is 5.91 Å². The number of carbonyl (C=O) groups excluding carboxylic acids is 1. The van der Waals surface area contributed by atoms with Crippen LogP contribution in [0.1, 0.15) is 32.1 Å². The smallest absolute Gasteiger partial charge is 0.226 e. The van der Waals surface area contributed by atoms with Crippen LogP contribution in [0.5, 0.6) is 5.75 Å². The molecule has 0 fully saturated rings. The quantitative estimate of drug-likeness (QED) is 0.732. The number of nitrogens with zero attached hydrogens (tertiary/aromatic N) is 4. The molecule has 0 bridgehead atoms.